The van der Waals surface area contributed by atoms with Crippen LogP contribution in [0.5, 0.6) is 11.5 Å². The Hall–Kier alpha value is -2.74. The Balaban J connectivity index is 0.00000256. The molecule has 0 saturated carbocycles. The van der Waals surface area contributed by atoms with E-state index in [1.807, 2.05) is 54.6 Å². The summed E-state index contributed by atoms with van der Waals surface area (Å²) in [5.74, 6) is 2.00. The molecule has 5 nitrogen and oxygen atoms in total. The Morgan fingerprint density at radius 1 is 0.867 bits per heavy atom. The molecule has 0 atom stereocenters. The molecular weight excluding hydrogens is 489 g/mol. The van der Waals surface area contributed by atoms with Crippen LogP contribution in [0.2, 0.25) is 0 Å². The van der Waals surface area contributed by atoms with Crippen molar-refractivity contribution in [1.29, 1.82) is 0 Å². The molecule has 3 aromatic carbocycles. The first-order chi connectivity index (χ1) is 14.3. The molecule has 0 amide bonds. The standard InChI is InChI=1S/C24H25N3O2.HI/c25-24(27-20-12-13-22-23(16-20)29-15-7-14-28-22)26-17-21(18-8-3-1-4-9-18)19-10-5-2-6-11-19;/h1-6,8-13,16,21H,7,14-15,17H2,(H3,25,26,27);1H. The third kappa shape index (κ3) is 5.66. The SMILES string of the molecule is I.NC(=NCC(c1ccccc1)c1ccccc1)Nc1ccc2c(c1)OCCCO2. The van der Waals surface area contributed by atoms with E-state index < -0.39 is 0 Å². The second-order valence-electron chi connectivity index (χ2n) is 6.94. The van der Waals surface area contributed by atoms with Crippen molar-refractivity contribution in [2.24, 2.45) is 10.7 Å². The number of rotatable bonds is 5. The first-order valence-electron chi connectivity index (χ1n) is 9.86. The van der Waals surface area contributed by atoms with Gasteiger partial charge in [-0.25, -0.2) is 0 Å². The van der Waals surface area contributed by atoms with E-state index in [2.05, 4.69) is 34.6 Å². The topological polar surface area (TPSA) is 68.9 Å². The molecule has 0 aromatic heterocycles. The molecule has 3 N–H and O–H groups in total. The number of ether oxygens (including phenoxy) is 2. The normalized spacial score (nSPS) is 13.3. The van der Waals surface area contributed by atoms with E-state index in [1.165, 1.54) is 11.1 Å². The largest absolute Gasteiger partial charge is 0.490 e. The summed E-state index contributed by atoms with van der Waals surface area (Å²) in [5, 5.41) is 3.16. The number of fused-ring (bicyclic) bond motifs is 1. The lowest BCUT2D eigenvalue weighted by atomic mass is 9.91. The van der Waals surface area contributed by atoms with E-state index in [1.54, 1.807) is 0 Å². The number of benzene rings is 3. The van der Waals surface area contributed by atoms with Gasteiger partial charge in [0, 0.05) is 24.1 Å². The number of halogens is 1. The molecule has 1 heterocycles. The summed E-state index contributed by atoms with van der Waals surface area (Å²) in [7, 11) is 0. The third-order valence-corrected chi connectivity index (χ3v) is 4.87. The number of guanidine groups is 1. The average molecular weight is 515 g/mol. The molecule has 0 bridgehead atoms. The van der Waals surface area contributed by atoms with Gasteiger partial charge >= 0.3 is 0 Å². The fourth-order valence-corrected chi connectivity index (χ4v) is 3.39. The molecule has 3 aromatic rings. The predicted molar refractivity (Wildman–Crippen MR) is 132 cm³/mol. The zero-order chi connectivity index (χ0) is 19.9. The van der Waals surface area contributed by atoms with E-state index in [4.69, 9.17) is 15.2 Å². The smallest absolute Gasteiger partial charge is 0.193 e. The van der Waals surface area contributed by atoms with Crippen molar-refractivity contribution in [1.82, 2.24) is 0 Å². The van der Waals surface area contributed by atoms with Crippen LogP contribution in [0.25, 0.3) is 0 Å². The highest BCUT2D eigenvalue weighted by molar-refractivity contribution is 14.0. The second kappa shape index (κ2) is 10.9. The van der Waals surface area contributed by atoms with Crippen molar-refractivity contribution in [3.05, 3.63) is 90.0 Å². The minimum absolute atomic E-state index is 0. The first-order valence-corrected chi connectivity index (χ1v) is 9.86. The summed E-state index contributed by atoms with van der Waals surface area (Å²) >= 11 is 0. The maximum absolute atomic E-state index is 6.18. The van der Waals surface area contributed by atoms with E-state index in [-0.39, 0.29) is 29.9 Å². The van der Waals surface area contributed by atoms with Gasteiger partial charge in [-0.3, -0.25) is 4.99 Å². The van der Waals surface area contributed by atoms with Gasteiger partial charge in [0.25, 0.3) is 0 Å². The molecule has 0 aliphatic carbocycles. The quantitative estimate of drug-likeness (QED) is 0.284. The van der Waals surface area contributed by atoms with Gasteiger partial charge in [-0.15, -0.1) is 24.0 Å². The number of nitrogens with two attached hydrogens (primary N) is 1. The van der Waals surface area contributed by atoms with Crippen LogP contribution < -0.4 is 20.5 Å². The van der Waals surface area contributed by atoms with Crippen molar-refractivity contribution in [2.75, 3.05) is 25.1 Å². The first kappa shape index (κ1) is 22.0. The van der Waals surface area contributed by atoms with Crippen LogP contribution in [0, 0.1) is 0 Å². The number of anilines is 1. The lowest BCUT2D eigenvalue weighted by molar-refractivity contribution is 0.297. The van der Waals surface area contributed by atoms with E-state index in [9.17, 15) is 0 Å². The van der Waals surface area contributed by atoms with Gasteiger partial charge in [0.2, 0.25) is 0 Å². The predicted octanol–water partition coefficient (Wildman–Crippen LogP) is 5.02. The van der Waals surface area contributed by atoms with Gasteiger partial charge in [0.05, 0.1) is 19.8 Å². The van der Waals surface area contributed by atoms with Crippen LogP contribution in [0.15, 0.2) is 83.9 Å². The van der Waals surface area contributed by atoms with E-state index in [0.29, 0.717) is 25.7 Å². The number of nitrogens with one attached hydrogen (secondary N) is 1. The summed E-state index contributed by atoms with van der Waals surface area (Å²) in [6.07, 6.45) is 0.876. The monoisotopic (exact) mass is 515 g/mol. The van der Waals surface area contributed by atoms with Crippen LogP contribution in [-0.2, 0) is 0 Å². The fraction of sp³-hybridized carbons (Fsp3) is 0.208. The molecule has 156 valence electrons. The summed E-state index contributed by atoms with van der Waals surface area (Å²) in [6, 6.07) is 26.5. The van der Waals surface area contributed by atoms with Crippen LogP contribution in [-0.4, -0.2) is 25.7 Å². The Morgan fingerprint density at radius 2 is 1.47 bits per heavy atom. The maximum Gasteiger partial charge on any atom is 0.193 e. The lowest BCUT2D eigenvalue weighted by Gasteiger charge is -2.17. The minimum Gasteiger partial charge on any atom is -0.490 e. The van der Waals surface area contributed by atoms with E-state index >= 15 is 0 Å². The van der Waals surface area contributed by atoms with Crippen molar-refractivity contribution >= 4 is 35.6 Å². The van der Waals surface area contributed by atoms with Crippen molar-refractivity contribution in [2.45, 2.75) is 12.3 Å². The molecule has 0 spiro atoms. The second-order valence-corrected chi connectivity index (χ2v) is 6.94. The zero-order valence-electron chi connectivity index (χ0n) is 16.7. The Morgan fingerprint density at radius 3 is 2.10 bits per heavy atom. The van der Waals surface area contributed by atoms with Crippen molar-refractivity contribution in [3.63, 3.8) is 0 Å². The van der Waals surface area contributed by atoms with Crippen molar-refractivity contribution < 1.29 is 9.47 Å². The van der Waals surface area contributed by atoms with Crippen LogP contribution >= 0.6 is 24.0 Å². The van der Waals surface area contributed by atoms with Gasteiger partial charge in [0.15, 0.2) is 17.5 Å². The Labute approximate surface area is 194 Å². The Bertz CT molecular complexity index is 925. The number of hydrogen-bond acceptors (Lipinski definition) is 3. The van der Waals surface area contributed by atoms with Crippen LogP contribution in [0.3, 0.4) is 0 Å². The molecule has 0 fully saturated rings. The van der Waals surface area contributed by atoms with Gasteiger partial charge in [-0.2, -0.15) is 0 Å². The van der Waals surface area contributed by atoms with Gasteiger partial charge in [-0.05, 0) is 23.3 Å². The van der Waals surface area contributed by atoms with Crippen molar-refractivity contribution in [3.8, 4) is 11.5 Å². The highest BCUT2D eigenvalue weighted by Gasteiger charge is 2.14. The summed E-state index contributed by atoms with van der Waals surface area (Å²) in [6.45, 7) is 1.87. The number of aliphatic imine (C=N–C) groups is 1. The highest BCUT2D eigenvalue weighted by Crippen LogP contribution is 2.32. The summed E-state index contributed by atoms with van der Waals surface area (Å²) < 4.78 is 11.4. The molecule has 0 unspecified atom stereocenters. The van der Waals surface area contributed by atoms with Gasteiger partial charge in [-0.1, -0.05) is 60.7 Å². The molecular formula is C24H26IN3O2. The van der Waals surface area contributed by atoms with E-state index in [0.717, 1.165) is 23.6 Å². The van der Waals surface area contributed by atoms with Crippen LogP contribution in [0.4, 0.5) is 5.69 Å². The molecule has 30 heavy (non-hydrogen) atoms. The number of nitrogens with zero attached hydrogens (tertiary/aromatic N) is 1. The molecule has 1 aliphatic heterocycles. The summed E-state index contributed by atoms with van der Waals surface area (Å²) in [5.41, 5.74) is 9.44. The number of hydrogen-bond donors (Lipinski definition) is 2. The third-order valence-electron chi connectivity index (χ3n) is 4.87. The Kier molecular flexibility index (Phi) is 7.96. The molecule has 4 rings (SSSR count). The zero-order valence-corrected chi connectivity index (χ0v) is 19.0. The lowest BCUT2D eigenvalue weighted by Crippen LogP contribution is -2.23. The molecule has 0 saturated heterocycles. The maximum atomic E-state index is 6.18. The average Bonchev–Trinajstić information content (AvgIpc) is 3.00. The molecule has 1 aliphatic rings. The fourth-order valence-electron chi connectivity index (χ4n) is 3.39. The summed E-state index contributed by atoms with van der Waals surface area (Å²) in [4.78, 5) is 4.61. The van der Waals surface area contributed by atoms with Gasteiger partial charge < -0.3 is 20.5 Å². The molecule has 0 radical (unpaired) electrons. The molecule has 6 heteroatoms. The van der Waals surface area contributed by atoms with Gasteiger partial charge in [0.1, 0.15) is 0 Å². The van der Waals surface area contributed by atoms with Crippen LogP contribution in [0.1, 0.15) is 23.5 Å². The highest BCUT2D eigenvalue weighted by atomic mass is 127. The minimum atomic E-state index is 0.